The van der Waals surface area contributed by atoms with Gasteiger partial charge in [-0.2, -0.15) is 0 Å². The molecule has 1 aliphatic rings. The van der Waals surface area contributed by atoms with Crippen molar-refractivity contribution in [3.8, 4) is 0 Å². The molecule has 1 aromatic carbocycles. The molecule has 3 heterocycles. The summed E-state index contributed by atoms with van der Waals surface area (Å²) in [5.41, 5.74) is 3.29. The van der Waals surface area contributed by atoms with Crippen LogP contribution in [-0.2, 0) is 10.5 Å². The predicted molar refractivity (Wildman–Crippen MR) is 106 cm³/mol. The molecule has 0 bridgehead atoms. The number of amides is 1. The molecular weight excluding hydrogens is 382 g/mol. The number of aryl methyl sites for hydroxylation is 1. The lowest BCUT2D eigenvalue weighted by Crippen LogP contribution is -2.48. The van der Waals surface area contributed by atoms with Gasteiger partial charge in [0.1, 0.15) is 16.2 Å². The normalized spacial score (nSPS) is 20.3. The van der Waals surface area contributed by atoms with Crippen LogP contribution in [0.15, 0.2) is 33.2 Å². The van der Waals surface area contributed by atoms with Crippen molar-refractivity contribution in [3.63, 3.8) is 0 Å². The van der Waals surface area contributed by atoms with Crippen molar-refractivity contribution in [2.75, 3.05) is 13.1 Å². The van der Waals surface area contributed by atoms with Gasteiger partial charge in [-0.25, -0.2) is 9.97 Å². The van der Waals surface area contributed by atoms with Gasteiger partial charge in [0.05, 0.1) is 18.0 Å². The van der Waals surface area contributed by atoms with E-state index in [4.69, 9.17) is 9.15 Å². The Balaban J connectivity index is 1.41. The number of ether oxygens (including phenoxy) is 1. The molecule has 0 spiro atoms. The molecule has 2 aromatic heterocycles. The molecule has 0 unspecified atom stereocenters. The number of benzene rings is 1. The number of carbonyl (C=O) groups excluding carboxylic acids is 1. The average molecular weight is 404 g/mol. The van der Waals surface area contributed by atoms with E-state index in [-0.39, 0.29) is 18.1 Å². The minimum atomic E-state index is -0.0259. The van der Waals surface area contributed by atoms with E-state index in [0.29, 0.717) is 29.8 Å². The van der Waals surface area contributed by atoms with Crippen molar-refractivity contribution < 1.29 is 13.9 Å². The number of hydrogen-bond acceptors (Lipinski definition) is 7. The first-order chi connectivity index (χ1) is 13.0. The summed E-state index contributed by atoms with van der Waals surface area (Å²) in [4.78, 5) is 23.6. The maximum atomic E-state index is 12.7. The Morgan fingerprint density at radius 2 is 2.07 bits per heavy atom. The van der Waals surface area contributed by atoms with Gasteiger partial charge < -0.3 is 14.1 Å². The minimum Gasteiger partial charge on any atom is -0.431 e. The molecule has 0 saturated carbocycles. The Kier molecular flexibility index (Phi) is 5.21. The van der Waals surface area contributed by atoms with Gasteiger partial charge in [0.2, 0.25) is 0 Å². The SMILES string of the molecule is Cc1cccc2oc(SCc3nc(C(=O)N4C[C@@H](C)O[C@H](C)C4)cs3)nc12. The summed E-state index contributed by atoms with van der Waals surface area (Å²) in [5, 5.41) is 3.34. The number of carbonyl (C=O) groups is 1. The molecule has 1 amide bonds. The van der Waals surface area contributed by atoms with Gasteiger partial charge in [0, 0.05) is 18.5 Å². The van der Waals surface area contributed by atoms with Crippen LogP contribution < -0.4 is 0 Å². The predicted octanol–water partition coefficient (Wildman–Crippen LogP) is 4.13. The Bertz CT molecular complexity index is 958. The highest BCUT2D eigenvalue weighted by Crippen LogP contribution is 2.28. The van der Waals surface area contributed by atoms with Gasteiger partial charge in [0.25, 0.3) is 11.1 Å². The van der Waals surface area contributed by atoms with Crippen molar-refractivity contribution in [2.24, 2.45) is 0 Å². The fraction of sp³-hybridized carbons (Fsp3) is 0.421. The Hall–Kier alpha value is -1.90. The molecule has 4 rings (SSSR count). The van der Waals surface area contributed by atoms with E-state index in [1.54, 1.807) is 0 Å². The van der Waals surface area contributed by atoms with Gasteiger partial charge in [-0.05, 0) is 32.4 Å². The molecular formula is C19H21N3O3S2. The first-order valence-electron chi connectivity index (χ1n) is 8.87. The van der Waals surface area contributed by atoms with Gasteiger partial charge in [-0.1, -0.05) is 23.9 Å². The summed E-state index contributed by atoms with van der Waals surface area (Å²) in [6.45, 7) is 7.20. The molecule has 3 aromatic rings. The maximum Gasteiger partial charge on any atom is 0.273 e. The van der Waals surface area contributed by atoms with Crippen LogP contribution in [0.25, 0.3) is 11.1 Å². The van der Waals surface area contributed by atoms with Gasteiger partial charge in [-0.3, -0.25) is 4.79 Å². The van der Waals surface area contributed by atoms with Crippen molar-refractivity contribution in [2.45, 2.75) is 44.0 Å². The second-order valence-electron chi connectivity index (χ2n) is 6.78. The van der Waals surface area contributed by atoms with E-state index in [1.807, 2.05) is 49.3 Å². The van der Waals surface area contributed by atoms with E-state index >= 15 is 0 Å². The molecule has 1 fully saturated rings. The standard InChI is InChI=1S/C19H21N3O3S2/c1-11-5-4-6-15-17(11)21-19(25-15)27-10-16-20-14(9-26-16)18(23)22-7-12(2)24-13(3)8-22/h4-6,9,12-13H,7-8,10H2,1-3H3/t12-,13-/m1/s1. The van der Waals surface area contributed by atoms with E-state index < -0.39 is 0 Å². The molecule has 1 saturated heterocycles. The molecule has 8 heteroatoms. The van der Waals surface area contributed by atoms with Crippen LogP contribution in [0.3, 0.4) is 0 Å². The lowest BCUT2D eigenvalue weighted by Gasteiger charge is -2.34. The largest absolute Gasteiger partial charge is 0.431 e. The summed E-state index contributed by atoms with van der Waals surface area (Å²) in [7, 11) is 0. The summed E-state index contributed by atoms with van der Waals surface area (Å²) >= 11 is 2.99. The number of oxazole rings is 1. The van der Waals surface area contributed by atoms with E-state index in [0.717, 1.165) is 21.7 Å². The second kappa shape index (κ2) is 7.61. The zero-order valence-corrected chi connectivity index (χ0v) is 17.1. The van der Waals surface area contributed by atoms with Crippen molar-refractivity contribution in [1.29, 1.82) is 0 Å². The lowest BCUT2D eigenvalue weighted by molar-refractivity contribution is -0.0587. The maximum absolute atomic E-state index is 12.7. The summed E-state index contributed by atoms with van der Waals surface area (Å²) in [5.74, 6) is 0.599. The second-order valence-corrected chi connectivity index (χ2v) is 8.65. The Morgan fingerprint density at radius 1 is 1.30 bits per heavy atom. The number of thiazole rings is 1. The van der Waals surface area contributed by atoms with Gasteiger partial charge >= 0.3 is 0 Å². The molecule has 142 valence electrons. The summed E-state index contributed by atoms with van der Waals surface area (Å²) in [6, 6.07) is 5.90. The fourth-order valence-corrected chi connectivity index (χ4v) is 4.85. The number of thioether (sulfide) groups is 1. The number of morpholine rings is 1. The quantitative estimate of drug-likeness (QED) is 0.610. The highest BCUT2D eigenvalue weighted by molar-refractivity contribution is 7.98. The zero-order chi connectivity index (χ0) is 19.0. The van der Waals surface area contributed by atoms with Crippen LogP contribution in [0.4, 0.5) is 0 Å². The third-order valence-corrected chi connectivity index (χ3v) is 6.27. The molecule has 6 nitrogen and oxygen atoms in total. The molecule has 1 aliphatic heterocycles. The van der Waals surface area contributed by atoms with Gasteiger partial charge in [0.15, 0.2) is 5.58 Å². The lowest BCUT2D eigenvalue weighted by atomic mass is 10.2. The smallest absolute Gasteiger partial charge is 0.273 e. The van der Waals surface area contributed by atoms with E-state index in [2.05, 4.69) is 9.97 Å². The van der Waals surface area contributed by atoms with Crippen LogP contribution in [0.1, 0.15) is 34.9 Å². The van der Waals surface area contributed by atoms with Crippen molar-refractivity contribution in [1.82, 2.24) is 14.9 Å². The van der Waals surface area contributed by atoms with E-state index in [1.165, 1.54) is 23.1 Å². The van der Waals surface area contributed by atoms with Crippen LogP contribution in [0.2, 0.25) is 0 Å². The number of rotatable bonds is 4. The highest BCUT2D eigenvalue weighted by atomic mass is 32.2. The summed E-state index contributed by atoms with van der Waals surface area (Å²) in [6.07, 6.45) is 0.1000. The molecule has 0 N–H and O–H groups in total. The molecule has 0 aliphatic carbocycles. The van der Waals surface area contributed by atoms with Crippen molar-refractivity contribution >= 4 is 40.1 Å². The molecule has 27 heavy (non-hydrogen) atoms. The van der Waals surface area contributed by atoms with E-state index in [9.17, 15) is 4.79 Å². The Labute approximate surface area is 165 Å². The number of para-hydroxylation sites is 1. The molecule has 0 radical (unpaired) electrons. The zero-order valence-electron chi connectivity index (χ0n) is 15.5. The average Bonchev–Trinajstić information content (AvgIpc) is 3.26. The van der Waals surface area contributed by atoms with Crippen LogP contribution in [0, 0.1) is 6.92 Å². The highest BCUT2D eigenvalue weighted by Gasteiger charge is 2.27. The fourth-order valence-electron chi connectivity index (χ4n) is 3.23. The van der Waals surface area contributed by atoms with Crippen LogP contribution in [0.5, 0.6) is 0 Å². The van der Waals surface area contributed by atoms with Crippen LogP contribution >= 0.6 is 23.1 Å². The molecule has 2 atom stereocenters. The van der Waals surface area contributed by atoms with Crippen molar-refractivity contribution in [3.05, 3.63) is 39.8 Å². The Morgan fingerprint density at radius 3 is 2.81 bits per heavy atom. The first kappa shape index (κ1) is 18.5. The first-order valence-corrected chi connectivity index (χ1v) is 10.7. The van der Waals surface area contributed by atoms with Gasteiger partial charge in [-0.15, -0.1) is 11.3 Å². The summed E-state index contributed by atoms with van der Waals surface area (Å²) < 4.78 is 11.5. The van der Waals surface area contributed by atoms with Crippen LogP contribution in [-0.4, -0.2) is 46.1 Å². The number of hydrogen-bond donors (Lipinski definition) is 0. The monoisotopic (exact) mass is 403 g/mol. The number of aromatic nitrogens is 2. The third-order valence-electron chi connectivity index (χ3n) is 4.40. The number of nitrogens with zero attached hydrogens (tertiary/aromatic N) is 3. The third kappa shape index (κ3) is 4.02. The topological polar surface area (TPSA) is 68.5 Å². The number of fused-ring (bicyclic) bond motifs is 1. The minimum absolute atomic E-state index is 0.0259.